The van der Waals surface area contributed by atoms with Crippen molar-refractivity contribution < 1.29 is 8.42 Å². The van der Waals surface area contributed by atoms with Gasteiger partial charge in [-0.3, -0.25) is 4.99 Å². The van der Waals surface area contributed by atoms with E-state index in [0.717, 1.165) is 29.7 Å². The van der Waals surface area contributed by atoms with Crippen molar-refractivity contribution in [3.63, 3.8) is 0 Å². The van der Waals surface area contributed by atoms with Crippen molar-refractivity contribution in [2.45, 2.75) is 29.7 Å². The Morgan fingerprint density at radius 3 is 2.64 bits per heavy atom. The molecule has 0 saturated carbocycles. The van der Waals surface area contributed by atoms with Crippen molar-refractivity contribution in [1.82, 2.24) is 14.9 Å². The lowest BCUT2D eigenvalue weighted by molar-refractivity contribution is 0.376. The lowest BCUT2D eigenvalue weighted by Gasteiger charge is -2.39. The van der Waals surface area contributed by atoms with Gasteiger partial charge in [0.15, 0.2) is 5.96 Å². The molecule has 0 aliphatic carbocycles. The third-order valence-electron chi connectivity index (χ3n) is 3.62. The van der Waals surface area contributed by atoms with Crippen LogP contribution in [0.5, 0.6) is 0 Å². The Labute approximate surface area is 176 Å². The molecule has 0 amide bonds. The Hall–Kier alpha value is -0.0400. The first-order chi connectivity index (χ1) is 11.2. The Bertz CT molecular complexity index is 689. The van der Waals surface area contributed by atoms with Gasteiger partial charge in [-0.15, -0.1) is 35.3 Å². The minimum atomic E-state index is -3.42. The summed E-state index contributed by atoms with van der Waals surface area (Å²) in [7, 11) is -1.66. The van der Waals surface area contributed by atoms with E-state index in [-0.39, 0.29) is 28.7 Å². The molecule has 144 valence electrons. The van der Waals surface area contributed by atoms with Gasteiger partial charge < -0.3 is 10.2 Å². The van der Waals surface area contributed by atoms with E-state index in [0.29, 0.717) is 17.3 Å². The quantitative estimate of drug-likeness (QED) is 0.271. The number of nitrogens with one attached hydrogen (secondary N) is 2. The van der Waals surface area contributed by atoms with Crippen LogP contribution < -0.4 is 10.0 Å². The van der Waals surface area contributed by atoms with Gasteiger partial charge in [-0.25, -0.2) is 13.1 Å². The van der Waals surface area contributed by atoms with Crippen molar-refractivity contribution in [3.8, 4) is 0 Å². The van der Waals surface area contributed by atoms with Crippen LogP contribution in [0.2, 0.25) is 0 Å². The predicted octanol–water partition coefficient (Wildman–Crippen LogP) is 2.36. The van der Waals surface area contributed by atoms with Crippen molar-refractivity contribution in [1.29, 1.82) is 0 Å². The lowest BCUT2D eigenvalue weighted by atomic mass is 10.2. The van der Waals surface area contributed by atoms with E-state index in [1.807, 2.05) is 24.8 Å². The highest BCUT2D eigenvalue weighted by Gasteiger charge is 2.28. The maximum absolute atomic E-state index is 12.2. The zero-order valence-electron chi connectivity index (χ0n) is 15.0. The molecule has 1 aromatic rings. The fourth-order valence-corrected chi connectivity index (χ4v) is 5.99. The molecule has 0 unspecified atom stereocenters. The first-order valence-corrected chi connectivity index (χ1v) is 11.2. The Balaban J connectivity index is 0.00000312. The average Bonchev–Trinajstić information content (AvgIpc) is 2.94. The summed E-state index contributed by atoms with van der Waals surface area (Å²) in [6.07, 6.45) is 0. The van der Waals surface area contributed by atoms with Crippen LogP contribution in [-0.4, -0.2) is 63.0 Å². The smallest absolute Gasteiger partial charge is 0.250 e. The van der Waals surface area contributed by atoms with Crippen molar-refractivity contribution >= 4 is 63.1 Å². The molecule has 2 N–H and O–H groups in total. The molecule has 2 heterocycles. The molecule has 0 spiro atoms. The third kappa shape index (κ3) is 6.89. The number of sulfonamides is 1. The molecule has 1 aromatic heterocycles. The number of halogens is 1. The standard InChI is InChI=1S/C15H26N4O2S3.HI/c1-12-5-6-13(23-12)24(20,21)18-8-7-17-14(16-4)19-9-10-22-15(2,3)11-19;/h5-6,18H,7-11H2,1-4H3,(H,16,17);1H. The minimum absolute atomic E-state index is 0. The van der Waals surface area contributed by atoms with E-state index in [9.17, 15) is 8.42 Å². The second-order valence-electron chi connectivity index (χ2n) is 6.27. The highest BCUT2D eigenvalue weighted by Crippen LogP contribution is 2.29. The summed E-state index contributed by atoms with van der Waals surface area (Å²) in [5.74, 6) is 1.90. The molecule has 0 radical (unpaired) electrons. The molecule has 2 rings (SSSR count). The van der Waals surface area contributed by atoms with Crippen LogP contribution in [-0.2, 0) is 10.0 Å². The number of nitrogens with zero attached hydrogens (tertiary/aromatic N) is 2. The zero-order chi connectivity index (χ0) is 17.8. The molecule has 10 heteroatoms. The van der Waals surface area contributed by atoms with Crippen LogP contribution in [0, 0.1) is 6.92 Å². The average molecular weight is 519 g/mol. The lowest BCUT2D eigenvalue weighted by Crippen LogP contribution is -2.51. The first kappa shape index (κ1) is 23.0. The zero-order valence-corrected chi connectivity index (χ0v) is 19.8. The Kier molecular flexibility index (Phi) is 8.99. The molecule has 1 aliphatic heterocycles. The van der Waals surface area contributed by atoms with Crippen LogP contribution in [0.1, 0.15) is 18.7 Å². The highest BCUT2D eigenvalue weighted by atomic mass is 127. The van der Waals surface area contributed by atoms with Gasteiger partial charge in [0.05, 0.1) is 0 Å². The third-order valence-corrected chi connectivity index (χ3v) is 7.87. The number of guanidine groups is 1. The monoisotopic (exact) mass is 518 g/mol. The number of aliphatic imine (C=N–C) groups is 1. The van der Waals surface area contributed by atoms with Gasteiger partial charge in [-0.1, -0.05) is 0 Å². The number of thioether (sulfide) groups is 1. The van der Waals surface area contributed by atoms with E-state index >= 15 is 0 Å². The van der Waals surface area contributed by atoms with Crippen LogP contribution in [0.4, 0.5) is 0 Å². The number of thiophene rings is 1. The fraction of sp³-hybridized carbons (Fsp3) is 0.667. The number of hydrogen-bond acceptors (Lipinski definition) is 5. The number of hydrogen-bond donors (Lipinski definition) is 2. The van der Waals surface area contributed by atoms with Crippen molar-refractivity contribution in [3.05, 3.63) is 17.0 Å². The SMILES string of the molecule is CN=C(NCCNS(=O)(=O)c1ccc(C)s1)N1CCSC(C)(C)C1.I. The topological polar surface area (TPSA) is 73.8 Å². The van der Waals surface area contributed by atoms with Gasteiger partial charge in [0.25, 0.3) is 0 Å². The Morgan fingerprint density at radius 1 is 1.36 bits per heavy atom. The summed E-state index contributed by atoms with van der Waals surface area (Å²) in [5, 5.41) is 3.25. The van der Waals surface area contributed by atoms with Crippen LogP contribution in [0.25, 0.3) is 0 Å². The molecule has 1 aliphatic rings. The summed E-state index contributed by atoms with van der Waals surface area (Å²) in [6, 6.07) is 3.46. The highest BCUT2D eigenvalue weighted by molar-refractivity contribution is 14.0. The maximum Gasteiger partial charge on any atom is 0.250 e. The second-order valence-corrected chi connectivity index (χ2v) is 11.4. The predicted molar refractivity (Wildman–Crippen MR) is 119 cm³/mol. The van der Waals surface area contributed by atoms with Gasteiger partial charge in [0.1, 0.15) is 4.21 Å². The van der Waals surface area contributed by atoms with Gasteiger partial charge in [0.2, 0.25) is 10.0 Å². The normalized spacial score (nSPS) is 17.9. The summed E-state index contributed by atoms with van der Waals surface area (Å²) in [5.41, 5.74) is 0. The summed E-state index contributed by atoms with van der Waals surface area (Å²) in [4.78, 5) is 7.54. The summed E-state index contributed by atoms with van der Waals surface area (Å²) < 4.78 is 27.5. The Morgan fingerprint density at radius 2 is 2.08 bits per heavy atom. The number of aryl methyl sites for hydroxylation is 1. The first-order valence-electron chi connectivity index (χ1n) is 7.89. The van der Waals surface area contributed by atoms with E-state index in [2.05, 4.69) is 33.8 Å². The van der Waals surface area contributed by atoms with Crippen LogP contribution in [0.15, 0.2) is 21.3 Å². The largest absolute Gasteiger partial charge is 0.355 e. The molecule has 1 fully saturated rings. The molecule has 1 saturated heterocycles. The van der Waals surface area contributed by atoms with E-state index in [1.54, 1.807) is 13.1 Å². The maximum atomic E-state index is 12.2. The van der Waals surface area contributed by atoms with Crippen LogP contribution in [0.3, 0.4) is 0 Å². The summed E-state index contributed by atoms with van der Waals surface area (Å²) >= 11 is 3.25. The molecular formula is C15H27IN4O2S3. The second kappa shape index (κ2) is 9.77. The molecule has 0 atom stereocenters. The molecule has 6 nitrogen and oxygen atoms in total. The molecule has 0 bridgehead atoms. The van der Waals surface area contributed by atoms with Crippen LogP contribution >= 0.6 is 47.1 Å². The molecule has 0 aromatic carbocycles. The minimum Gasteiger partial charge on any atom is -0.355 e. The van der Waals surface area contributed by atoms with Gasteiger partial charge in [-0.2, -0.15) is 11.8 Å². The van der Waals surface area contributed by atoms with E-state index < -0.39 is 10.0 Å². The number of rotatable bonds is 5. The molecular weight excluding hydrogens is 491 g/mol. The van der Waals surface area contributed by atoms with Gasteiger partial charge in [0, 0.05) is 48.6 Å². The van der Waals surface area contributed by atoms with Crippen molar-refractivity contribution in [2.24, 2.45) is 4.99 Å². The van der Waals surface area contributed by atoms with Crippen molar-refractivity contribution in [2.75, 3.05) is 39.0 Å². The fourth-order valence-electron chi connectivity index (χ4n) is 2.52. The van der Waals surface area contributed by atoms with E-state index in [1.165, 1.54) is 11.3 Å². The molecule has 25 heavy (non-hydrogen) atoms. The summed E-state index contributed by atoms with van der Waals surface area (Å²) in [6.45, 7) is 9.06. The van der Waals surface area contributed by atoms with Gasteiger partial charge in [-0.05, 0) is 32.9 Å². The van der Waals surface area contributed by atoms with Gasteiger partial charge >= 0.3 is 0 Å². The van der Waals surface area contributed by atoms with E-state index in [4.69, 9.17) is 0 Å².